The highest BCUT2D eigenvalue weighted by atomic mass is 35.5. The highest BCUT2D eigenvalue weighted by Crippen LogP contribution is 1.97. The molecular weight excluding hydrogens is 190 g/mol. The average molecular weight is 200 g/mol. The molecule has 0 spiro atoms. The molecule has 13 heavy (non-hydrogen) atoms. The van der Waals surface area contributed by atoms with Gasteiger partial charge in [0.25, 0.3) is 0 Å². The summed E-state index contributed by atoms with van der Waals surface area (Å²) in [6.45, 7) is 0.320. The monoisotopic (exact) mass is 199 g/mol. The summed E-state index contributed by atoms with van der Waals surface area (Å²) in [6.07, 6.45) is 3.22. The zero-order chi connectivity index (χ0) is 8.81. The van der Waals surface area contributed by atoms with Gasteiger partial charge in [-0.05, 0) is 6.07 Å². The van der Waals surface area contributed by atoms with Gasteiger partial charge in [0.05, 0.1) is 6.54 Å². The number of nitrogens with zero attached hydrogens (tertiary/aromatic N) is 3. The molecule has 6 heteroatoms. The van der Waals surface area contributed by atoms with Gasteiger partial charge in [0.15, 0.2) is 0 Å². The molecule has 4 N–H and O–H groups in total. The Bertz CT molecular complexity index is 291. The second-order valence-corrected chi connectivity index (χ2v) is 2.00. The lowest BCUT2D eigenvalue weighted by molar-refractivity contribution is 0.885. The van der Waals surface area contributed by atoms with Crippen LogP contribution in [0.1, 0.15) is 0 Å². The quantitative estimate of drug-likeness (QED) is 0.291. The Morgan fingerprint density at radius 1 is 1.38 bits per heavy atom. The van der Waals surface area contributed by atoms with E-state index in [1.54, 1.807) is 18.5 Å². The summed E-state index contributed by atoms with van der Waals surface area (Å²) in [7, 11) is 0. The molecular formula is C7H10ClN5. The average Bonchev–Trinajstić information content (AvgIpc) is 2.15. The lowest BCUT2D eigenvalue weighted by atomic mass is 10.6. The summed E-state index contributed by atoms with van der Waals surface area (Å²) in [5.41, 5.74) is 4.97. The van der Waals surface area contributed by atoms with E-state index < -0.39 is 0 Å². The summed E-state index contributed by atoms with van der Waals surface area (Å²) in [5.74, 6) is 8.56. The predicted octanol–water partition coefficient (Wildman–Crippen LogP) is -0.502. The first-order valence-electron chi connectivity index (χ1n) is 3.32. The zero-order valence-electron chi connectivity index (χ0n) is 6.84. The number of hydrogen-bond donors (Lipinski definition) is 2. The van der Waals surface area contributed by atoms with Crippen molar-refractivity contribution in [3.05, 3.63) is 18.5 Å². The zero-order valence-corrected chi connectivity index (χ0v) is 7.66. The van der Waals surface area contributed by atoms with Crippen molar-refractivity contribution in [2.24, 2.45) is 11.6 Å². The maximum absolute atomic E-state index is 5.53. The van der Waals surface area contributed by atoms with Crippen molar-refractivity contribution in [3.8, 4) is 12.0 Å². The highest BCUT2D eigenvalue weighted by molar-refractivity contribution is 5.85. The van der Waals surface area contributed by atoms with Gasteiger partial charge in [-0.15, -0.1) is 12.4 Å². The fraction of sp³-hybridized carbons (Fsp3) is 0.143. The number of hydrogen-bond acceptors (Lipinski definition) is 5. The molecule has 0 atom stereocenters. The molecule has 1 heterocycles. The smallest absolute Gasteiger partial charge is 0.240 e. The molecule has 0 fully saturated rings. The fourth-order valence-corrected chi connectivity index (χ4v) is 0.641. The van der Waals surface area contributed by atoms with Crippen LogP contribution in [0.2, 0.25) is 0 Å². The van der Waals surface area contributed by atoms with E-state index in [1.165, 1.54) is 5.01 Å². The molecule has 0 saturated carbocycles. The third-order valence-electron chi connectivity index (χ3n) is 1.16. The van der Waals surface area contributed by atoms with Crippen molar-refractivity contribution in [2.45, 2.75) is 0 Å². The third-order valence-corrected chi connectivity index (χ3v) is 1.16. The first-order chi connectivity index (χ1) is 5.84. The van der Waals surface area contributed by atoms with Crippen LogP contribution in [0.25, 0.3) is 0 Å². The number of aromatic nitrogens is 2. The van der Waals surface area contributed by atoms with Crippen molar-refractivity contribution in [3.63, 3.8) is 0 Å². The maximum Gasteiger partial charge on any atom is 0.240 e. The van der Waals surface area contributed by atoms with Crippen LogP contribution in [0.3, 0.4) is 0 Å². The van der Waals surface area contributed by atoms with Gasteiger partial charge in [0.1, 0.15) is 0 Å². The van der Waals surface area contributed by atoms with Crippen LogP contribution < -0.4 is 16.6 Å². The largest absolute Gasteiger partial charge is 0.359 e. The van der Waals surface area contributed by atoms with E-state index in [1.807, 2.05) is 0 Å². The van der Waals surface area contributed by atoms with E-state index >= 15 is 0 Å². The Morgan fingerprint density at radius 3 is 2.54 bits per heavy atom. The fourth-order valence-electron chi connectivity index (χ4n) is 0.641. The standard InChI is InChI=1S/C7H9N5.ClH/c8-3-1-6-12(9)7-10-4-2-5-11-7;/h2,4-5H,6,8-9H2;1H. The minimum Gasteiger partial charge on any atom is -0.359 e. The van der Waals surface area contributed by atoms with Crippen LogP contribution in [0.4, 0.5) is 5.95 Å². The molecule has 70 valence electrons. The number of halogens is 1. The highest BCUT2D eigenvalue weighted by Gasteiger charge is 1.99. The van der Waals surface area contributed by atoms with Gasteiger partial charge in [-0.2, -0.15) is 0 Å². The van der Waals surface area contributed by atoms with E-state index in [4.69, 9.17) is 11.6 Å². The molecule has 0 aromatic carbocycles. The Morgan fingerprint density at radius 2 is 2.00 bits per heavy atom. The molecule has 1 rings (SSSR count). The second-order valence-electron chi connectivity index (χ2n) is 2.00. The number of rotatable bonds is 2. The van der Waals surface area contributed by atoms with Crippen LogP contribution in [-0.2, 0) is 0 Å². The predicted molar refractivity (Wildman–Crippen MR) is 52.8 cm³/mol. The van der Waals surface area contributed by atoms with Crippen LogP contribution >= 0.6 is 12.4 Å². The van der Waals surface area contributed by atoms with Crippen molar-refractivity contribution in [1.29, 1.82) is 0 Å². The summed E-state index contributed by atoms with van der Waals surface area (Å²) >= 11 is 0. The number of hydrazine groups is 1. The summed E-state index contributed by atoms with van der Waals surface area (Å²) < 4.78 is 0. The van der Waals surface area contributed by atoms with Crippen LogP contribution in [-0.4, -0.2) is 16.5 Å². The van der Waals surface area contributed by atoms with E-state index in [-0.39, 0.29) is 12.4 Å². The molecule has 1 aromatic heterocycles. The summed E-state index contributed by atoms with van der Waals surface area (Å²) in [6, 6.07) is 3.96. The van der Waals surface area contributed by atoms with Crippen molar-refractivity contribution >= 4 is 18.4 Å². The summed E-state index contributed by atoms with van der Waals surface area (Å²) in [5, 5.41) is 1.32. The Labute approximate surface area is 82.5 Å². The van der Waals surface area contributed by atoms with Crippen molar-refractivity contribution < 1.29 is 0 Å². The molecule has 0 unspecified atom stereocenters. The Balaban J connectivity index is 0.00000144. The molecule has 0 amide bonds. The molecule has 1 aromatic rings. The first kappa shape index (κ1) is 11.5. The SMILES string of the molecule is Cl.NC#CCN(N)c1ncccn1. The number of anilines is 1. The van der Waals surface area contributed by atoms with Gasteiger partial charge < -0.3 is 5.73 Å². The normalized spacial score (nSPS) is 7.77. The van der Waals surface area contributed by atoms with Gasteiger partial charge in [-0.1, -0.05) is 5.92 Å². The molecule has 0 bridgehead atoms. The van der Waals surface area contributed by atoms with E-state index in [9.17, 15) is 0 Å². The van der Waals surface area contributed by atoms with Crippen LogP contribution in [0.15, 0.2) is 18.5 Å². The topological polar surface area (TPSA) is 81.1 Å². The van der Waals surface area contributed by atoms with E-state index in [0.717, 1.165) is 0 Å². The minimum absolute atomic E-state index is 0. The van der Waals surface area contributed by atoms with Crippen LogP contribution in [0, 0.1) is 12.0 Å². The Kier molecular flexibility index (Phi) is 5.35. The van der Waals surface area contributed by atoms with Gasteiger partial charge in [-0.25, -0.2) is 15.8 Å². The molecule has 5 nitrogen and oxygen atoms in total. The van der Waals surface area contributed by atoms with Gasteiger partial charge in [-0.3, -0.25) is 5.01 Å². The third kappa shape index (κ3) is 3.60. The summed E-state index contributed by atoms with van der Waals surface area (Å²) in [4.78, 5) is 7.83. The Hall–Kier alpha value is -1.51. The van der Waals surface area contributed by atoms with Crippen molar-refractivity contribution in [1.82, 2.24) is 9.97 Å². The molecule has 0 saturated heterocycles. The second kappa shape index (κ2) is 6.06. The molecule has 0 aliphatic carbocycles. The van der Waals surface area contributed by atoms with E-state index in [0.29, 0.717) is 12.5 Å². The van der Waals surface area contributed by atoms with Crippen molar-refractivity contribution in [2.75, 3.05) is 11.6 Å². The van der Waals surface area contributed by atoms with Gasteiger partial charge in [0.2, 0.25) is 5.95 Å². The van der Waals surface area contributed by atoms with E-state index in [2.05, 4.69) is 21.9 Å². The minimum atomic E-state index is 0. The van der Waals surface area contributed by atoms with Gasteiger partial charge in [0, 0.05) is 18.4 Å². The first-order valence-corrected chi connectivity index (χ1v) is 3.32. The molecule has 0 radical (unpaired) electrons. The molecule has 0 aliphatic heterocycles. The maximum atomic E-state index is 5.53. The van der Waals surface area contributed by atoms with Gasteiger partial charge >= 0.3 is 0 Å². The lowest BCUT2D eigenvalue weighted by Crippen LogP contribution is -2.32. The van der Waals surface area contributed by atoms with Crippen LogP contribution in [0.5, 0.6) is 0 Å². The lowest BCUT2D eigenvalue weighted by Gasteiger charge is -2.11. The number of nitrogens with two attached hydrogens (primary N) is 2. The molecule has 0 aliphatic rings.